The molecule has 1 aliphatic carbocycles. The minimum Gasteiger partial charge on any atom is -0.368 e. The van der Waals surface area contributed by atoms with Gasteiger partial charge in [0.2, 0.25) is 0 Å². The third-order valence-corrected chi connectivity index (χ3v) is 7.44. The van der Waals surface area contributed by atoms with Gasteiger partial charge in [-0.05, 0) is 49.2 Å². The fourth-order valence-corrected chi connectivity index (χ4v) is 5.35. The van der Waals surface area contributed by atoms with E-state index in [1.54, 1.807) is 24.3 Å². The molecule has 5 rings (SSSR count). The number of amides is 3. The summed E-state index contributed by atoms with van der Waals surface area (Å²) in [7, 11) is 0. The molecule has 7 nitrogen and oxygen atoms in total. The molecule has 2 aromatic carbocycles. The van der Waals surface area contributed by atoms with E-state index < -0.39 is 5.91 Å². The summed E-state index contributed by atoms with van der Waals surface area (Å²) in [5.41, 5.74) is 2.47. The van der Waals surface area contributed by atoms with Crippen LogP contribution in [0.3, 0.4) is 0 Å². The van der Waals surface area contributed by atoms with Gasteiger partial charge >= 0.3 is 0 Å². The highest BCUT2D eigenvalue weighted by Gasteiger charge is 2.42. The second-order valence-corrected chi connectivity index (χ2v) is 9.66. The zero-order chi connectivity index (χ0) is 24.4. The van der Waals surface area contributed by atoms with Crippen molar-refractivity contribution in [3.05, 3.63) is 70.9 Å². The number of anilines is 2. The molecule has 0 unspecified atom stereocenters. The highest BCUT2D eigenvalue weighted by Crippen LogP contribution is 2.32. The van der Waals surface area contributed by atoms with Crippen molar-refractivity contribution >= 4 is 40.7 Å². The molecule has 35 heavy (non-hydrogen) atoms. The van der Waals surface area contributed by atoms with E-state index in [4.69, 9.17) is 11.6 Å². The fraction of sp³-hybridized carbons (Fsp3) is 0.370. The van der Waals surface area contributed by atoms with Gasteiger partial charge in [0.15, 0.2) is 0 Å². The van der Waals surface area contributed by atoms with Crippen molar-refractivity contribution in [2.24, 2.45) is 0 Å². The first-order valence-corrected chi connectivity index (χ1v) is 12.6. The van der Waals surface area contributed by atoms with E-state index in [-0.39, 0.29) is 28.6 Å². The molecule has 0 atom stereocenters. The Bertz CT molecular complexity index is 1130. The lowest BCUT2D eigenvalue weighted by Crippen LogP contribution is -2.48. The van der Waals surface area contributed by atoms with Crippen LogP contribution in [0.15, 0.2) is 65.3 Å². The monoisotopic (exact) mass is 492 g/mol. The minimum atomic E-state index is -0.424. The summed E-state index contributed by atoms with van der Waals surface area (Å²) in [6.07, 6.45) is 4.81. The lowest BCUT2D eigenvalue weighted by Gasteiger charge is -2.36. The number of halogens is 1. The van der Waals surface area contributed by atoms with Crippen LogP contribution in [0.2, 0.25) is 0 Å². The Morgan fingerprint density at radius 2 is 1.49 bits per heavy atom. The fourth-order valence-electron chi connectivity index (χ4n) is 5.13. The maximum absolute atomic E-state index is 13.0. The molecule has 0 radical (unpaired) electrons. The lowest BCUT2D eigenvalue weighted by molar-refractivity contribution is -0.140. The number of hydrogen-bond acceptors (Lipinski definition) is 5. The molecule has 8 heteroatoms. The van der Waals surface area contributed by atoms with Crippen molar-refractivity contribution in [2.45, 2.75) is 38.1 Å². The number of carbonyl (C=O) groups excluding carboxylic acids is 3. The van der Waals surface area contributed by atoms with Gasteiger partial charge in [-0.2, -0.15) is 0 Å². The van der Waals surface area contributed by atoms with Crippen molar-refractivity contribution in [2.75, 3.05) is 36.4 Å². The molecule has 1 saturated carbocycles. The molecule has 3 amide bonds. The number of hydrogen-bond donors (Lipinski definition) is 1. The number of rotatable bonds is 5. The molecule has 2 aliphatic heterocycles. The zero-order valence-electron chi connectivity index (χ0n) is 19.6. The molecule has 3 aliphatic rings. The predicted octanol–water partition coefficient (Wildman–Crippen LogP) is 4.21. The Labute approximate surface area is 210 Å². The van der Waals surface area contributed by atoms with Gasteiger partial charge in [0.25, 0.3) is 17.7 Å². The van der Waals surface area contributed by atoms with Crippen LogP contribution in [0.4, 0.5) is 11.4 Å². The zero-order valence-corrected chi connectivity index (χ0v) is 20.3. The summed E-state index contributed by atoms with van der Waals surface area (Å²) in [6.45, 7) is 2.89. The Morgan fingerprint density at radius 3 is 2.14 bits per heavy atom. The Morgan fingerprint density at radius 1 is 0.829 bits per heavy atom. The van der Waals surface area contributed by atoms with E-state index in [1.807, 2.05) is 23.1 Å². The quantitative estimate of drug-likeness (QED) is 0.633. The first-order valence-electron chi connectivity index (χ1n) is 12.3. The van der Waals surface area contributed by atoms with Crippen LogP contribution in [0.1, 0.15) is 42.5 Å². The van der Waals surface area contributed by atoms with Crippen LogP contribution < -0.4 is 10.2 Å². The second-order valence-electron chi connectivity index (χ2n) is 9.28. The van der Waals surface area contributed by atoms with E-state index in [0.29, 0.717) is 24.3 Å². The van der Waals surface area contributed by atoms with Crippen LogP contribution >= 0.6 is 11.6 Å². The first-order chi connectivity index (χ1) is 17.0. The first kappa shape index (κ1) is 23.4. The topological polar surface area (TPSA) is 73.0 Å². The van der Waals surface area contributed by atoms with E-state index >= 15 is 0 Å². The number of para-hydroxylation sites is 1. The molecule has 2 heterocycles. The average molecular weight is 493 g/mol. The minimum absolute atomic E-state index is 0.0166. The smallest absolute Gasteiger partial charge is 0.279 e. The number of imide groups is 1. The highest BCUT2D eigenvalue weighted by molar-refractivity contribution is 6.48. The Hall–Kier alpha value is -3.32. The Kier molecular flexibility index (Phi) is 6.77. The number of piperazine rings is 1. The summed E-state index contributed by atoms with van der Waals surface area (Å²) in [5, 5.41) is 2.94. The van der Waals surface area contributed by atoms with Crippen LogP contribution in [0.25, 0.3) is 0 Å². The maximum atomic E-state index is 13.0. The summed E-state index contributed by atoms with van der Waals surface area (Å²) in [6, 6.07) is 17.1. The summed E-state index contributed by atoms with van der Waals surface area (Å²) < 4.78 is 0. The molecule has 1 saturated heterocycles. The molecule has 2 fully saturated rings. The lowest BCUT2D eigenvalue weighted by atomic mass is 9.94. The van der Waals surface area contributed by atoms with Crippen LogP contribution in [-0.4, -0.2) is 59.7 Å². The van der Waals surface area contributed by atoms with E-state index in [9.17, 15) is 14.4 Å². The third-order valence-electron chi connectivity index (χ3n) is 7.09. The largest absolute Gasteiger partial charge is 0.368 e. The van der Waals surface area contributed by atoms with Crippen molar-refractivity contribution in [1.29, 1.82) is 0 Å². The van der Waals surface area contributed by atoms with E-state index in [1.165, 1.54) is 10.6 Å². The van der Waals surface area contributed by atoms with Gasteiger partial charge in [-0.25, -0.2) is 0 Å². The second kappa shape index (κ2) is 10.1. The molecule has 0 aromatic heterocycles. The standard InChI is InChI=1S/C27H29ClN4O3/c28-23-24(27(35)32(26(23)34)22-9-5-2-6-10-22)29-20-13-11-19(12-14-20)25(33)31-17-15-30(16-18-31)21-7-3-1-4-8-21/h1,3-4,7-8,11-14,22,29H,2,5-6,9-10,15-18H2. The van der Waals surface area contributed by atoms with Crippen molar-refractivity contribution in [1.82, 2.24) is 9.80 Å². The van der Waals surface area contributed by atoms with E-state index in [0.717, 1.165) is 45.2 Å². The highest BCUT2D eigenvalue weighted by atomic mass is 35.5. The van der Waals surface area contributed by atoms with Gasteiger partial charge < -0.3 is 15.1 Å². The van der Waals surface area contributed by atoms with Crippen molar-refractivity contribution < 1.29 is 14.4 Å². The SMILES string of the molecule is O=C(c1ccc(NC2=C(Cl)C(=O)N(C3CCCCC3)C2=O)cc1)N1CCN(c2ccccc2)CC1. The predicted molar refractivity (Wildman–Crippen MR) is 136 cm³/mol. The summed E-state index contributed by atoms with van der Waals surface area (Å²) >= 11 is 6.27. The number of carbonyl (C=O) groups is 3. The maximum Gasteiger partial charge on any atom is 0.279 e. The molecule has 1 N–H and O–H groups in total. The van der Waals surface area contributed by atoms with Gasteiger partial charge in [0.05, 0.1) is 0 Å². The third kappa shape index (κ3) is 4.78. The van der Waals surface area contributed by atoms with Crippen LogP contribution in [-0.2, 0) is 9.59 Å². The van der Waals surface area contributed by atoms with Crippen LogP contribution in [0, 0.1) is 0 Å². The number of nitrogens with zero attached hydrogens (tertiary/aromatic N) is 3. The van der Waals surface area contributed by atoms with E-state index in [2.05, 4.69) is 22.3 Å². The summed E-state index contributed by atoms with van der Waals surface area (Å²) in [5.74, 6) is -0.812. The van der Waals surface area contributed by atoms with Gasteiger partial charge in [-0.3, -0.25) is 19.3 Å². The van der Waals surface area contributed by atoms with Crippen molar-refractivity contribution in [3.63, 3.8) is 0 Å². The average Bonchev–Trinajstić information content (AvgIpc) is 3.12. The normalized spacial score (nSPS) is 19.5. The van der Waals surface area contributed by atoms with Crippen molar-refractivity contribution in [3.8, 4) is 0 Å². The van der Waals surface area contributed by atoms with Gasteiger partial charge in [0, 0.05) is 49.2 Å². The molecular formula is C27H29ClN4O3. The van der Waals surface area contributed by atoms with Gasteiger partial charge in [-0.15, -0.1) is 0 Å². The van der Waals surface area contributed by atoms with Crippen LogP contribution in [0.5, 0.6) is 0 Å². The molecular weight excluding hydrogens is 464 g/mol. The summed E-state index contributed by atoms with van der Waals surface area (Å²) in [4.78, 5) is 44.1. The van der Waals surface area contributed by atoms with Gasteiger partial charge in [0.1, 0.15) is 10.7 Å². The Balaban J connectivity index is 1.20. The molecule has 0 spiro atoms. The molecule has 182 valence electrons. The molecule has 0 bridgehead atoms. The molecule has 2 aromatic rings. The van der Waals surface area contributed by atoms with Gasteiger partial charge in [-0.1, -0.05) is 49.1 Å². The number of nitrogens with one attached hydrogen (secondary N) is 1. The number of benzene rings is 2.